The number of hydrogen-bond donors (Lipinski definition) is 3. The van der Waals surface area contributed by atoms with Crippen LogP contribution in [0.15, 0.2) is 84.4 Å². The van der Waals surface area contributed by atoms with Gasteiger partial charge in [-0.2, -0.15) is 23.5 Å². The number of H-pyrrole nitrogens is 1. The van der Waals surface area contributed by atoms with Crippen molar-refractivity contribution in [3.8, 4) is 17.3 Å². The zero-order chi connectivity index (χ0) is 30.5. The smallest absolute Gasteiger partial charge is 0.475 e. The van der Waals surface area contributed by atoms with Crippen LogP contribution >= 0.6 is 0 Å². The number of aromatic nitrogens is 5. The standard InChI is InChI=1S/C25H21N7O2S.C2HF3O2/c1-17-5-7-20(8-6-17)31-35(33,34)21-4-2-3-18(13-21)23(9-11-26)32-15-19(14-30-32)24-22-10-12-27-25(22)29-16-28-24;3-2(4,5)1(6)7/h2-8,10,12-16,23,31H,9H2,1H3,(H,27,28,29);(H,6,7). The number of nitrogens with one attached hydrogen (secondary N) is 2. The second kappa shape index (κ2) is 12.1. The molecular weight excluding hydrogens is 575 g/mol. The lowest BCUT2D eigenvalue weighted by Gasteiger charge is -2.16. The molecule has 0 amide bonds. The van der Waals surface area contributed by atoms with Gasteiger partial charge in [-0.15, -0.1) is 0 Å². The molecule has 0 aliphatic heterocycles. The van der Waals surface area contributed by atoms with Crippen LogP contribution in [0.2, 0.25) is 0 Å². The summed E-state index contributed by atoms with van der Waals surface area (Å²) in [6, 6.07) is 17.3. The van der Waals surface area contributed by atoms with E-state index < -0.39 is 28.2 Å². The van der Waals surface area contributed by atoms with E-state index >= 15 is 0 Å². The maximum Gasteiger partial charge on any atom is 0.490 e. The minimum absolute atomic E-state index is 0.107. The number of benzene rings is 2. The minimum atomic E-state index is -5.08. The van der Waals surface area contributed by atoms with Gasteiger partial charge in [0.2, 0.25) is 0 Å². The number of nitrogens with zero attached hydrogens (tertiary/aromatic N) is 5. The molecule has 0 bridgehead atoms. The number of aliphatic carboxylic acids is 1. The fraction of sp³-hybridized carbons (Fsp3) is 0.148. The average Bonchev–Trinajstić information content (AvgIpc) is 3.63. The van der Waals surface area contributed by atoms with E-state index in [4.69, 9.17) is 9.90 Å². The number of carbonyl (C=O) groups is 1. The number of carboxylic acid groups (broad SMARTS) is 1. The third-order valence-electron chi connectivity index (χ3n) is 5.93. The second-order valence-corrected chi connectivity index (χ2v) is 10.6. The van der Waals surface area contributed by atoms with E-state index in [9.17, 15) is 26.9 Å². The molecule has 1 atom stereocenters. The first kappa shape index (κ1) is 29.7. The van der Waals surface area contributed by atoms with Gasteiger partial charge >= 0.3 is 12.1 Å². The first-order chi connectivity index (χ1) is 19.9. The summed E-state index contributed by atoms with van der Waals surface area (Å²) < 4.78 is 62.1. The summed E-state index contributed by atoms with van der Waals surface area (Å²) in [5.41, 5.74) is 4.37. The number of nitriles is 1. The van der Waals surface area contributed by atoms with E-state index in [0.717, 1.165) is 27.9 Å². The molecule has 3 aromatic heterocycles. The van der Waals surface area contributed by atoms with Crippen molar-refractivity contribution in [2.75, 3.05) is 4.72 Å². The highest BCUT2D eigenvalue weighted by Crippen LogP contribution is 2.29. The zero-order valence-corrected chi connectivity index (χ0v) is 22.6. The van der Waals surface area contributed by atoms with Crippen LogP contribution in [-0.2, 0) is 14.8 Å². The number of carboxylic acids is 1. The molecule has 5 rings (SSSR count). The molecule has 3 N–H and O–H groups in total. The van der Waals surface area contributed by atoms with Crippen LogP contribution in [0.4, 0.5) is 18.9 Å². The van der Waals surface area contributed by atoms with E-state index in [0.29, 0.717) is 11.3 Å². The fourth-order valence-electron chi connectivity index (χ4n) is 3.91. The molecule has 0 radical (unpaired) electrons. The molecule has 5 aromatic rings. The van der Waals surface area contributed by atoms with Crippen LogP contribution in [0.5, 0.6) is 0 Å². The van der Waals surface area contributed by atoms with Crippen molar-refractivity contribution in [2.24, 2.45) is 0 Å². The number of anilines is 1. The molecule has 0 spiro atoms. The summed E-state index contributed by atoms with van der Waals surface area (Å²) in [6.45, 7) is 1.93. The highest BCUT2D eigenvalue weighted by Gasteiger charge is 2.38. The number of fused-ring (bicyclic) bond motifs is 1. The van der Waals surface area contributed by atoms with E-state index in [1.54, 1.807) is 47.4 Å². The van der Waals surface area contributed by atoms with Crippen LogP contribution in [-0.4, -0.2) is 50.4 Å². The molecule has 15 heteroatoms. The largest absolute Gasteiger partial charge is 0.490 e. The van der Waals surface area contributed by atoms with Crippen molar-refractivity contribution < 1.29 is 31.5 Å². The molecule has 2 aromatic carbocycles. The molecule has 0 saturated carbocycles. The third kappa shape index (κ3) is 6.91. The Kier molecular flexibility index (Phi) is 8.57. The lowest BCUT2D eigenvalue weighted by molar-refractivity contribution is -0.192. The summed E-state index contributed by atoms with van der Waals surface area (Å²) in [5, 5.41) is 22.0. The zero-order valence-electron chi connectivity index (χ0n) is 21.7. The molecule has 11 nitrogen and oxygen atoms in total. The summed E-state index contributed by atoms with van der Waals surface area (Å²) in [7, 11) is -3.82. The summed E-state index contributed by atoms with van der Waals surface area (Å²) >= 11 is 0. The molecule has 0 saturated heterocycles. The van der Waals surface area contributed by atoms with Gasteiger partial charge in [0.25, 0.3) is 10.0 Å². The Morgan fingerprint density at radius 1 is 1.17 bits per heavy atom. The van der Waals surface area contributed by atoms with Gasteiger partial charge in [0, 0.05) is 29.0 Å². The summed E-state index contributed by atoms with van der Waals surface area (Å²) in [5.74, 6) is -2.76. The van der Waals surface area contributed by atoms with Crippen molar-refractivity contribution in [1.82, 2.24) is 24.7 Å². The van der Waals surface area contributed by atoms with Gasteiger partial charge in [-0.05, 0) is 42.8 Å². The minimum Gasteiger partial charge on any atom is -0.475 e. The van der Waals surface area contributed by atoms with Gasteiger partial charge in [-0.1, -0.05) is 29.8 Å². The van der Waals surface area contributed by atoms with Crippen LogP contribution in [0.3, 0.4) is 0 Å². The van der Waals surface area contributed by atoms with Crippen LogP contribution < -0.4 is 4.72 Å². The predicted octanol–water partition coefficient (Wildman–Crippen LogP) is 5.07. The van der Waals surface area contributed by atoms with Crippen molar-refractivity contribution in [3.05, 3.63) is 90.6 Å². The summed E-state index contributed by atoms with van der Waals surface area (Å²) in [4.78, 5) is 20.7. The van der Waals surface area contributed by atoms with Crippen molar-refractivity contribution >= 4 is 32.7 Å². The molecule has 1 unspecified atom stereocenters. The monoisotopic (exact) mass is 597 g/mol. The Labute approximate surface area is 237 Å². The maximum atomic E-state index is 13.0. The van der Waals surface area contributed by atoms with Crippen molar-refractivity contribution in [3.63, 3.8) is 0 Å². The maximum absolute atomic E-state index is 13.0. The van der Waals surface area contributed by atoms with E-state index in [1.807, 2.05) is 31.3 Å². The van der Waals surface area contributed by atoms with Crippen molar-refractivity contribution in [1.29, 1.82) is 5.26 Å². The lowest BCUT2D eigenvalue weighted by atomic mass is 10.0. The molecule has 0 fully saturated rings. The van der Waals surface area contributed by atoms with Crippen LogP contribution in [0.1, 0.15) is 23.6 Å². The Morgan fingerprint density at radius 3 is 2.55 bits per heavy atom. The van der Waals surface area contributed by atoms with Gasteiger partial charge in [0.05, 0.1) is 35.3 Å². The van der Waals surface area contributed by atoms with Gasteiger partial charge in [-0.25, -0.2) is 23.2 Å². The molecule has 3 heterocycles. The highest BCUT2D eigenvalue weighted by atomic mass is 32.2. The van der Waals surface area contributed by atoms with E-state index in [-0.39, 0.29) is 11.3 Å². The molecule has 0 aliphatic carbocycles. The number of sulfonamides is 1. The molecule has 216 valence electrons. The van der Waals surface area contributed by atoms with Gasteiger partial charge in [-0.3, -0.25) is 9.40 Å². The number of rotatable bonds is 7. The quantitative estimate of drug-likeness (QED) is 0.234. The first-order valence-electron chi connectivity index (χ1n) is 12.1. The lowest BCUT2D eigenvalue weighted by Crippen LogP contribution is -2.21. The Balaban J connectivity index is 0.000000517. The van der Waals surface area contributed by atoms with E-state index in [2.05, 4.69) is 30.8 Å². The van der Waals surface area contributed by atoms with Gasteiger partial charge < -0.3 is 10.1 Å². The molecule has 0 aliphatic rings. The van der Waals surface area contributed by atoms with E-state index in [1.165, 1.54) is 12.4 Å². The van der Waals surface area contributed by atoms with Crippen LogP contribution in [0.25, 0.3) is 22.3 Å². The molecular formula is C27H22F3N7O4S. The Bertz CT molecular complexity index is 1860. The first-order valence-corrected chi connectivity index (χ1v) is 13.6. The predicted molar refractivity (Wildman–Crippen MR) is 146 cm³/mol. The van der Waals surface area contributed by atoms with Crippen LogP contribution in [0, 0.1) is 18.3 Å². The van der Waals surface area contributed by atoms with Gasteiger partial charge in [0.15, 0.2) is 0 Å². The topological polar surface area (TPSA) is 167 Å². The van der Waals surface area contributed by atoms with Gasteiger partial charge in [0.1, 0.15) is 12.0 Å². The van der Waals surface area contributed by atoms with Crippen molar-refractivity contribution in [2.45, 2.75) is 30.5 Å². The fourth-order valence-corrected chi connectivity index (χ4v) is 5.02. The number of halogens is 3. The summed E-state index contributed by atoms with van der Waals surface area (Å²) in [6.07, 6.45) is 1.79. The average molecular weight is 598 g/mol. The second-order valence-electron chi connectivity index (χ2n) is 8.90. The Hall–Kier alpha value is -5.23. The normalized spacial score (nSPS) is 12.2. The highest BCUT2D eigenvalue weighted by molar-refractivity contribution is 7.92. The molecule has 42 heavy (non-hydrogen) atoms. The SMILES string of the molecule is Cc1ccc(NS(=O)(=O)c2cccc(C(CC#N)n3cc(-c4ncnc5[nH]ccc45)cn3)c2)cc1.O=C(O)C(F)(F)F. The number of aromatic amines is 1. The third-order valence-corrected chi connectivity index (χ3v) is 7.31. The number of hydrogen-bond acceptors (Lipinski definition) is 7. The number of aryl methyl sites for hydroxylation is 1. The Morgan fingerprint density at radius 2 is 1.88 bits per heavy atom. The number of alkyl halides is 3.